The van der Waals surface area contributed by atoms with Crippen LogP contribution in [0, 0.1) is 0 Å². The van der Waals surface area contributed by atoms with Crippen LogP contribution in [0.25, 0.3) is 11.3 Å². The quantitative estimate of drug-likeness (QED) is 0.936. The molecule has 6 heteroatoms. The van der Waals surface area contributed by atoms with Crippen LogP contribution in [0.2, 0.25) is 10.0 Å². The van der Waals surface area contributed by atoms with Gasteiger partial charge in [0, 0.05) is 25.8 Å². The number of nitrogens with zero attached hydrogens (tertiary/aromatic N) is 2. The fraction of sp³-hybridized carbons (Fsp3) is 0.231. The summed E-state index contributed by atoms with van der Waals surface area (Å²) < 4.78 is 5.06. The van der Waals surface area contributed by atoms with Crippen LogP contribution in [-0.2, 0) is 11.3 Å². The first-order valence-electron chi connectivity index (χ1n) is 5.64. The molecule has 0 aliphatic heterocycles. The van der Waals surface area contributed by atoms with E-state index in [4.69, 9.17) is 27.9 Å². The van der Waals surface area contributed by atoms with E-state index < -0.39 is 0 Å². The topological polar surface area (TPSA) is 47.0 Å². The van der Waals surface area contributed by atoms with Crippen molar-refractivity contribution in [2.24, 2.45) is 0 Å². The lowest BCUT2D eigenvalue weighted by molar-refractivity contribution is 0.178. The van der Waals surface area contributed by atoms with Crippen molar-refractivity contribution in [1.82, 2.24) is 9.97 Å². The summed E-state index contributed by atoms with van der Waals surface area (Å²) in [6, 6.07) is 7.26. The van der Waals surface area contributed by atoms with Crippen molar-refractivity contribution >= 4 is 29.0 Å². The number of anilines is 1. The smallest absolute Gasteiger partial charge is 0.157 e. The molecule has 0 spiro atoms. The minimum atomic E-state index is 0.334. The standard InChI is InChI=1S/C13H13Cl2N3O/c1-16-11-6-10(17-12(18-11)7-19-2)8-4-3-5-9(14)13(8)15/h3-6H,7H2,1-2H3,(H,16,17,18). The first-order chi connectivity index (χ1) is 9.15. The summed E-state index contributed by atoms with van der Waals surface area (Å²) in [5.41, 5.74) is 1.48. The molecule has 2 rings (SSSR count). The second kappa shape index (κ2) is 6.19. The molecule has 2 aromatic rings. The number of halogens is 2. The zero-order valence-corrected chi connectivity index (χ0v) is 12.1. The van der Waals surface area contributed by atoms with E-state index in [0.29, 0.717) is 34.0 Å². The Morgan fingerprint density at radius 3 is 2.74 bits per heavy atom. The molecule has 0 bridgehead atoms. The van der Waals surface area contributed by atoms with E-state index in [1.54, 1.807) is 20.2 Å². The van der Waals surface area contributed by atoms with Gasteiger partial charge in [-0.25, -0.2) is 9.97 Å². The fourth-order valence-electron chi connectivity index (χ4n) is 1.66. The third-order valence-electron chi connectivity index (χ3n) is 2.53. The van der Waals surface area contributed by atoms with Gasteiger partial charge in [-0.05, 0) is 6.07 Å². The van der Waals surface area contributed by atoms with Gasteiger partial charge in [0.05, 0.1) is 15.7 Å². The minimum Gasteiger partial charge on any atom is -0.377 e. The van der Waals surface area contributed by atoms with Gasteiger partial charge in [0.15, 0.2) is 5.82 Å². The number of benzene rings is 1. The molecule has 0 fully saturated rings. The van der Waals surface area contributed by atoms with Gasteiger partial charge in [0.2, 0.25) is 0 Å². The van der Waals surface area contributed by atoms with Crippen LogP contribution in [0.15, 0.2) is 24.3 Å². The van der Waals surface area contributed by atoms with Crippen molar-refractivity contribution in [3.05, 3.63) is 40.1 Å². The van der Waals surface area contributed by atoms with Crippen molar-refractivity contribution in [3.63, 3.8) is 0 Å². The summed E-state index contributed by atoms with van der Waals surface area (Å²) >= 11 is 12.2. The van der Waals surface area contributed by atoms with Gasteiger partial charge in [-0.3, -0.25) is 0 Å². The predicted molar refractivity (Wildman–Crippen MR) is 77.7 cm³/mol. The van der Waals surface area contributed by atoms with Crippen molar-refractivity contribution < 1.29 is 4.74 Å². The van der Waals surface area contributed by atoms with E-state index in [0.717, 1.165) is 5.56 Å². The number of hydrogen-bond donors (Lipinski definition) is 1. The number of ether oxygens (including phenoxy) is 1. The van der Waals surface area contributed by atoms with E-state index in [9.17, 15) is 0 Å². The Morgan fingerprint density at radius 2 is 2.05 bits per heavy atom. The highest BCUT2D eigenvalue weighted by Gasteiger charge is 2.11. The Morgan fingerprint density at radius 1 is 1.26 bits per heavy atom. The maximum atomic E-state index is 6.21. The lowest BCUT2D eigenvalue weighted by atomic mass is 10.1. The molecule has 4 nitrogen and oxygen atoms in total. The number of aromatic nitrogens is 2. The highest BCUT2D eigenvalue weighted by atomic mass is 35.5. The summed E-state index contributed by atoms with van der Waals surface area (Å²) in [4.78, 5) is 8.72. The summed E-state index contributed by atoms with van der Waals surface area (Å²) in [6.07, 6.45) is 0. The van der Waals surface area contributed by atoms with Gasteiger partial charge in [-0.15, -0.1) is 0 Å². The van der Waals surface area contributed by atoms with Gasteiger partial charge < -0.3 is 10.1 Å². The lowest BCUT2D eigenvalue weighted by Gasteiger charge is -2.09. The van der Waals surface area contributed by atoms with Crippen molar-refractivity contribution in [3.8, 4) is 11.3 Å². The molecule has 19 heavy (non-hydrogen) atoms. The van der Waals surface area contributed by atoms with E-state index >= 15 is 0 Å². The molecule has 1 heterocycles. The molecule has 0 atom stereocenters. The summed E-state index contributed by atoms with van der Waals surface area (Å²) in [5.74, 6) is 1.29. The Bertz CT molecular complexity index is 590. The first kappa shape index (κ1) is 14.1. The molecular formula is C13H13Cl2N3O. The number of rotatable bonds is 4. The van der Waals surface area contributed by atoms with Crippen LogP contribution in [-0.4, -0.2) is 24.1 Å². The average Bonchev–Trinajstić information content (AvgIpc) is 2.42. The molecule has 0 amide bonds. The van der Waals surface area contributed by atoms with Crippen molar-refractivity contribution in [2.45, 2.75) is 6.61 Å². The van der Waals surface area contributed by atoms with Crippen molar-refractivity contribution in [1.29, 1.82) is 0 Å². The molecule has 100 valence electrons. The number of methoxy groups -OCH3 is 1. The van der Waals surface area contributed by atoms with E-state index in [1.165, 1.54) is 0 Å². The summed E-state index contributed by atoms with van der Waals surface area (Å²) in [6.45, 7) is 0.334. The molecule has 0 unspecified atom stereocenters. The molecule has 0 radical (unpaired) electrons. The monoisotopic (exact) mass is 297 g/mol. The van der Waals surface area contributed by atoms with E-state index in [-0.39, 0.29) is 0 Å². The normalized spacial score (nSPS) is 10.5. The lowest BCUT2D eigenvalue weighted by Crippen LogP contribution is -2.03. The van der Waals surface area contributed by atoms with Crippen LogP contribution < -0.4 is 5.32 Å². The Hall–Kier alpha value is -1.36. The first-order valence-corrected chi connectivity index (χ1v) is 6.40. The molecule has 0 aliphatic carbocycles. The molecule has 0 saturated carbocycles. The van der Waals surface area contributed by atoms with Crippen LogP contribution in [0.1, 0.15) is 5.82 Å². The molecule has 0 aliphatic rings. The van der Waals surface area contributed by atoms with E-state index in [2.05, 4.69) is 15.3 Å². The second-order valence-corrected chi connectivity index (χ2v) is 4.62. The Balaban J connectivity index is 2.54. The maximum absolute atomic E-state index is 6.21. The number of nitrogens with one attached hydrogen (secondary N) is 1. The van der Waals surface area contributed by atoms with Crippen LogP contribution in [0.5, 0.6) is 0 Å². The molecular weight excluding hydrogens is 285 g/mol. The minimum absolute atomic E-state index is 0.334. The van der Waals surface area contributed by atoms with Gasteiger partial charge >= 0.3 is 0 Å². The SMILES string of the molecule is CNc1cc(-c2cccc(Cl)c2Cl)nc(COC)n1. The molecule has 0 saturated heterocycles. The Labute approximate surface area is 121 Å². The summed E-state index contributed by atoms with van der Waals surface area (Å²) in [5, 5.41) is 3.96. The fourth-order valence-corrected chi connectivity index (χ4v) is 2.06. The van der Waals surface area contributed by atoms with Crippen LogP contribution in [0.4, 0.5) is 5.82 Å². The van der Waals surface area contributed by atoms with Crippen LogP contribution in [0.3, 0.4) is 0 Å². The third-order valence-corrected chi connectivity index (χ3v) is 3.35. The van der Waals surface area contributed by atoms with Gasteiger partial charge in [0.1, 0.15) is 12.4 Å². The summed E-state index contributed by atoms with van der Waals surface area (Å²) in [7, 11) is 3.39. The average molecular weight is 298 g/mol. The third kappa shape index (κ3) is 3.15. The largest absolute Gasteiger partial charge is 0.377 e. The van der Waals surface area contributed by atoms with Gasteiger partial charge in [-0.1, -0.05) is 35.3 Å². The van der Waals surface area contributed by atoms with Crippen molar-refractivity contribution in [2.75, 3.05) is 19.5 Å². The zero-order valence-electron chi connectivity index (χ0n) is 10.6. The number of hydrogen-bond acceptors (Lipinski definition) is 4. The van der Waals surface area contributed by atoms with Gasteiger partial charge in [0.25, 0.3) is 0 Å². The predicted octanol–water partition coefficient (Wildman–Crippen LogP) is 3.64. The molecule has 1 N–H and O–H groups in total. The second-order valence-electron chi connectivity index (χ2n) is 3.84. The van der Waals surface area contributed by atoms with Gasteiger partial charge in [-0.2, -0.15) is 0 Å². The van der Waals surface area contributed by atoms with Crippen LogP contribution >= 0.6 is 23.2 Å². The highest BCUT2D eigenvalue weighted by molar-refractivity contribution is 6.43. The van der Waals surface area contributed by atoms with E-state index in [1.807, 2.05) is 18.2 Å². The highest BCUT2D eigenvalue weighted by Crippen LogP contribution is 2.33. The molecule has 1 aromatic carbocycles. The zero-order chi connectivity index (χ0) is 13.8. The Kier molecular flexibility index (Phi) is 4.58. The maximum Gasteiger partial charge on any atom is 0.157 e. The molecule has 1 aromatic heterocycles.